The summed E-state index contributed by atoms with van der Waals surface area (Å²) in [5.41, 5.74) is 6.77. The maximum Gasteiger partial charge on any atom is 0.179 e. The van der Waals surface area contributed by atoms with Crippen LogP contribution >= 0.6 is 17.0 Å². The first-order valence-electron chi connectivity index (χ1n) is 6.69. The van der Waals surface area contributed by atoms with E-state index in [0.717, 1.165) is 5.56 Å². The van der Waals surface area contributed by atoms with Crippen molar-refractivity contribution in [2.24, 2.45) is 10.7 Å². The summed E-state index contributed by atoms with van der Waals surface area (Å²) in [4.78, 5) is 4.04. The van der Waals surface area contributed by atoms with Gasteiger partial charge in [-0.05, 0) is 5.56 Å². The van der Waals surface area contributed by atoms with Crippen LogP contribution in [0.25, 0.3) is 0 Å². The Balaban J connectivity index is 0.00000242. The Morgan fingerprint density at radius 3 is 2.32 bits per heavy atom. The molecule has 0 radical (unpaired) electrons. The van der Waals surface area contributed by atoms with Gasteiger partial charge in [-0.2, -0.15) is 0 Å². The zero-order valence-corrected chi connectivity index (χ0v) is 13.5. The lowest BCUT2D eigenvalue weighted by molar-refractivity contribution is -0.226. The van der Waals surface area contributed by atoms with Crippen LogP contribution in [-0.2, 0) is 11.2 Å². The molecule has 0 aromatic heterocycles. The number of aliphatic imine (C=N–C) groups is 1. The molecular formula is C14H21BrN2O5. The largest absolute Gasteiger partial charge is 0.394 e. The van der Waals surface area contributed by atoms with E-state index < -0.39 is 37.3 Å². The van der Waals surface area contributed by atoms with Gasteiger partial charge in [0, 0.05) is 6.42 Å². The molecule has 5 atom stereocenters. The van der Waals surface area contributed by atoms with Crippen molar-refractivity contribution < 1.29 is 25.2 Å². The number of aliphatic hydroxyl groups is 4. The van der Waals surface area contributed by atoms with Gasteiger partial charge in [0.15, 0.2) is 6.23 Å². The minimum Gasteiger partial charge on any atom is -0.394 e. The second-order valence-corrected chi connectivity index (χ2v) is 5.00. The Labute approximate surface area is 138 Å². The van der Waals surface area contributed by atoms with Gasteiger partial charge in [0.25, 0.3) is 0 Å². The van der Waals surface area contributed by atoms with Crippen molar-refractivity contribution in [3.8, 4) is 0 Å². The van der Waals surface area contributed by atoms with Crippen LogP contribution in [0.5, 0.6) is 0 Å². The number of benzene rings is 1. The SMILES string of the molecule is Br.NC(Cc1ccccc1)=NC1OC(CO)C(O)C(O)C1O. The van der Waals surface area contributed by atoms with Gasteiger partial charge >= 0.3 is 0 Å². The summed E-state index contributed by atoms with van der Waals surface area (Å²) in [6, 6.07) is 9.40. The van der Waals surface area contributed by atoms with Crippen LogP contribution in [0.1, 0.15) is 5.56 Å². The molecule has 7 nitrogen and oxygen atoms in total. The molecule has 1 saturated heterocycles. The Kier molecular flexibility index (Phi) is 7.40. The standard InChI is InChI=1S/C14H20N2O5.BrH/c15-10(6-8-4-2-1-3-5-8)16-14-13(20)12(19)11(18)9(7-17)21-14;/h1-5,9,11-14,17-20H,6-7H2,(H2,15,16);1H. The van der Waals surface area contributed by atoms with E-state index in [-0.39, 0.29) is 22.8 Å². The molecule has 0 aliphatic carbocycles. The molecule has 6 N–H and O–H groups in total. The summed E-state index contributed by atoms with van der Waals surface area (Å²) in [7, 11) is 0. The molecule has 1 aliphatic rings. The quantitative estimate of drug-likeness (QED) is 0.337. The number of amidine groups is 1. The summed E-state index contributed by atoms with van der Waals surface area (Å²) in [6.45, 7) is -0.491. The van der Waals surface area contributed by atoms with Gasteiger partial charge in [-0.3, -0.25) is 0 Å². The molecule has 22 heavy (non-hydrogen) atoms. The van der Waals surface area contributed by atoms with E-state index in [1.54, 1.807) is 0 Å². The van der Waals surface area contributed by atoms with E-state index in [4.69, 9.17) is 15.6 Å². The fraction of sp³-hybridized carbons (Fsp3) is 0.500. The van der Waals surface area contributed by atoms with E-state index in [1.807, 2.05) is 30.3 Å². The highest BCUT2D eigenvalue weighted by Gasteiger charge is 2.43. The molecule has 0 spiro atoms. The zero-order chi connectivity index (χ0) is 15.4. The van der Waals surface area contributed by atoms with Gasteiger partial charge in [0.2, 0.25) is 0 Å². The van der Waals surface area contributed by atoms with Gasteiger partial charge in [-0.1, -0.05) is 30.3 Å². The minimum atomic E-state index is -1.45. The predicted molar refractivity (Wildman–Crippen MR) is 85.9 cm³/mol. The summed E-state index contributed by atoms with van der Waals surface area (Å²) in [5, 5.41) is 38.3. The van der Waals surface area contributed by atoms with Crippen molar-refractivity contribution in [3.63, 3.8) is 0 Å². The molecule has 0 saturated carbocycles. The number of ether oxygens (including phenoxy) is 1. The minimum absolute atomic E-state index is 0. The van der Waals surface area contributed by atoms with Gasteiger partial charge in [0.05, 0.1) is 6.61 Å². The molecule has 1 heterocycles. The van der Waals surface area contributed by atoms with Gasteiger partial charge in [0.1, 0.15) is 30.3 Å². The molecule has 2 rings (SSSR count). The number of hydrogen-bond donors (Lipinski definition) is 5. The second-order valence-electron chi connectivity index (χ2n) is 5.00. The Bertz CT molecular complexity index is 485. The van der Waals surface area contributed by atoms with E-state index in [1.165, 1.54) is 0 Å². The number of halogens is 1. The van der Waals surface area contributed by atoms with Gasteiger partial charge in [-0.15, -0.1) is 17.0 Å². The maximum atomic E-state index is 9.86. The van der Waals surface area contributed by atoms with E-state index in [2.05, 4.69) is 4.99 Å². The highest BCUT2D eigenvalue weighted by molar-refractivity contribution is 8.93. The van der Waals surface area contributed by atoms with Crippen LogP contribution in [0.15, 0.2) is 35.3 Å². The van der Waals surface area contributed by atoms with Crippen molar-refractivity contribution in [1.82, 2.24) is 0 Å². The Morgan fingerprint density at radius 1 is 1.09 bits per heavy atom. The van der Waals surface area contributed by atoms with Crippen molar-refractivity contribution in [1.29, 1.82) is 0 Å². The molecule has 1 aromatic rings. The van der Waals surface area contributed by atoms with Crippen LogP contribution in [0.4, 0.5) is 0 Å². The van der Waals surface area contributed by atoms with Crippen molar-refractivity contribution in [2.75, 3.05) is 6.61 Å². The molecule has 1 fully saturated rings. The van der Waals surface area contributed by atoms with Crippen LogP contribution in [0.2, 0.25) is 0 Å². The third kappa shape index (κ3) is 4.48. The average Bonchev–Trinajstić information content (AvgIpc) is 2.49. The van der Waals surface area contributed by atoms with Crippen LogP contribution in [-0.4, -0.2) is 63.5 Å². The van der Waals surface area contributed by atoms with Gasteiger partial charge < -0.3 is 30.9 Å². The summed E-state index contributed by atoms with van der Waals surface area (Å²) < 4.78 is 5.26. The number of rotatable bonds is 4. The molecule has 1 aromatic carbocycles. The van der Waals surface area contributed by atoms with E-state index in [9.17, 15) is 15.3 Å². The molecule has 124 valence electrons. The lowest BCUT2D eigenvalue weighted by Crippen LogP contribution is -2.58. The monoisotopic (exact) mass is 376 g/mol. The normalized spacial score (nSPS) is 32.4. The topological polar surface area (TPSA) is 129 Å². The third-order valence-electron chi connectivity index (χ3n) is 3.39. The molecule has 8 heteroatoms. The van der Waals surface area contributed by atoms with Crippen molar-refractivity contribution in [2.45, 2.75) is 37.1 Å². The average molecular weight is 377 g/mol. The van der Waals surface area contributed by atoms with Crippen molar-refractivity contribution in [3.05, 3.63) is 35.9 Å². The summed E-state index contributed by atoms with van der Waals surface area (Å²) >= 11 is 0. The maximum absolute atomic E-state index is 9.86. The number of hydrogen-bond acceptors (Lipinski definition) is 6. The third-order valence-corrected chi connectivity index (χ3v) is 3.39. The number of nitrogens with two attached hydrogens (primary N) is 1. The first-order chi connectivity index (χ1) is 10.0. The predicted octanol–water partition coefficient (Wildman–Crippen LogP) is -1.04. The van der Waals surface area contributed by atoms with Crippen molar-refractivity contribution >= 4 is 22.8 Å². The first kappa shape index (κ1) is 19.0. The zero-order valence-electron chi connectivity index (χ0n) is 11.8. The molecule has 5 unspecified atom stereocenters. The molecule has 0 bridgehead atoms. The summed E-state index contributed by atoms with van der Waals surface area (Å²) in [5.74, 6) is 0.227. The molecule has 1 aliphatic heterocycles. The van der Waals surface area contributed by atoms with Crippen LogP contribution in [0, 0.1) is 0 Å². The lowest BCUT2D eigenvalue weighted by atomic mass is 9.98. The fourth-order valence-electron chi connectivity index (χ4n) is 2.20. The smallest absolute Gasteiger partial charge is 0.179 e. The summed E-state index contributed by atoms with van der Waals surface area (Å²) in [6.07, 6.45) is -5.99. The fourth-order valence-corrected chi connectivity index (χ4v) is 2.20. The number of aliphatic hydroxyl groups excluding tert-OH is 4. The Morgan fingerprint density at radius 2 is 1.73 bits per heavy atom. The highest BCUT2D eigenvalue weighted by Crippen LogP contribution is 2.22. The highest BCUT2D eigenvalue weighted by atomic mass is 79.9. The van der Waals surface area contributed by atoms with Crippen LogP contribution < -0.4 is 5.73 Å². The van der Waals surface area contributed by atoms with E-state index >= 15 is 0 Å². The molecular weight excluding hydrogens is 356 g/mol. The molecule has 0 amide bonds. The number of nitrogens with zero attached hydrogens (tertiary/aromatic N) is 1. The van der Waals surface area contributed by atoms with Gasteiger partial charge in [-0.25, -0.2) is 4.99 Å². The Hall–Kier alpha value is -1.03. The first-order valence-corrected chi connectivity index (χ1v) is 6.69. The second kappa shape index (κ2) is 8.56. The van der Waals surface area contributed by atoms with Crippen LogP contribution in [0.3, 0.4) is 0 Å². The lowest BCUT2D eigenvalue weighted by Gasteiger charge is -2.38. The van der Waals surface area contributed by atoms with E-state index in [0.29, 0.717) is 6.42 Å².